The van der Waals surface area contributed by atoms with Gasteiger partial charge in [-0.25, -0.2) is 8.42 Å². The highest BCUT2D eigenvalue weighted by Gasteiger charge is 1.99. The molecule has 0 aliphatic carbocycles. The van der Waals surface area contributed by atoms with Crippen LogP contribution >= 0.6 is 0 Å². The molecule has 0 heterocycles. The van der Waals surface area contributed by atoms with Gasteiger partial charge in [-0.1, -0.05) is 0 Å². The lowest BCUT2D eigenvalue weighted by atomic mass is 10.5. The molecule has 0 aromatic heterocycles. The molecule has 11 heavy (non-hydrogen) atoms. The third kappa shape index (κ3) is 9.86. The van der Waals surface area contributed by atoms with Crippen LogP contribution in [0.15, 0.2) is 0 Å². The standard InChI is InChI=1S/C4H10O5S2/c1-11(7,8)9-3-2-4-10(5)6/h10H,2-4H2,1H3. The van der Waals surface area contributed by atoms with Gasteiger partial charge in [0.15, 0.2) is 0 Å². The molecule has 0 unspecified atom stereocenters. The fourth-order valence-electron chi connectivity index (χ4n) is 0.404. The summed E-state index contributed by atoms with van der Waals surface area (Å²) in [5.41, 5.74) is 0. The van der Waals surface area contributed by atoms with Crippen LogP contribution in [0.3, 0.4) is 0 Å². The predicted octanol–water partition coefficient (Wildman–Crippen LogP) is -1.04. The first-order valence-electron chi connectivity index (χ1n) is 2.88. The lowest BCUT2D eigenvalue weighted by Crippen LogP contribution is -2.05. The van der Waals surface area contributed by atoms with E-state index in [1.165, 1.54) is 0 Å². The van der Waals surface area contributed by atoms with Crippen molar-refractivity contribution in [2.75, 3.05) is 18.6 Å². The molecule has 0 aromatic rings. The topological polar surface area (TPSA) is 77.5 Å². The van der Waals surface area contributed by atoms with Gasteiger partial charge >= 0.3 is 0 Å². The minimum absolute atomic E-state index is 0.0369. The van der Waals surface area contributed by atoms with Crippen molar-refractivity contribution in [1.29, 1.82) is 0 Å². The van der Waals surface area contributed by atoms with Gasteiger partial charge in [0.05, 0.1) is 12.9 Å². The summed E-state index contributed by atoms with van der Waals surface area (Å²) in [6.07, 6.45) is 1.13. The van der Waals surface area contributed by atoms with Gasteiger partial charge in [0.1, 0.15) is 10.7 Å². The van der Waals surface area contributed by atoms with E-state index in [0.717, 1.165) is 6.26 Å². The minimum Gasteiger partial charge on any atom is -0.270 e. The zero-order valence-electron chi connectivity index (χ0n) is 6.02. The highest BCUT2D eigenvalue weighted by atomic mass is 32.2. The second kappa shape index (κ2) is 4.68. The zero-order chi connectivity index (χ0) is 8.91. The van der Waals surface area contributed by atoms with Crippen LogP contribution in [-0.4, -0.2) is 35.5 Å². The predicted molar refractivity (Wildman–Crippen MR) is 40.6 cm³/mol. The summed E-state index contributed by atoms with van der Waals surface area (Å²) < 4.78 is 44.8. The second-order valence-electron chi connectivity index (χ2n) is 1.94. The van der Waals surface area contributed by atoms with Crippen molar-refractivity contribution < 1.29 is 21.0 Å². The summed E-state index contributed by atoms with van der Waals surface area (Å²) in [7, 11) is -5.84. The first kappa shape index (κ1) is 10.9. The average molecular weight is 202 g/mol. The van der Waals surface area contributed by atoms with Gasteiger partial charge in [0, 0.05) is 5.75 Å². The van der Waals surface area contributed by atoms with Gasteiger partial charge in [0.2, 0.25) is 0 Å². The summed E-state index contributed by atoms with van der Waals surface area (Å²) in [6, 6.07) is 0. The molecule has 68 valence electrons. The highest BCUT2D eigenvalue weighted by molar-refractivity contribution is 7.86. The molecule has 0 amide bonds. The molecule has 0 rings (SSSR count). The van der Waals surface area contributed by atoms with Gasteiger partial charge in [-0.05, 0) is 6.42 Å². The number of hydrogen-bond acceptors (Lipinski definition) is 5. The van der Waals surface area contributed by atoms with Crippen LogP contribution < -0.4 is 0 Å². The molecule has 0 fully saturated rings. The minimum atomic E-state index is -3.42. The van der Waals surface area contributed by atoms with Crippen LogP contribution in [-0.2, 0) is 25.0 Å². The van der Waals surface area contributed by atoms with Crippen LogP contribution in [0.5, 0.6) is 0 Å². The fourth-order valence-corrected chi connectivity index (χ4v) is 1.21. The van der Waals surface area contributed by atoms with E-state index in [0.29, 0.717) is 0 Å². The molecule has 0 aromatic carbocycles. The van der Waals surface area contributed by atoms with Gasteiger partial charge in [-0.2, -0.15) is 8.42 Å². The van der Waals surface area contributed by atoms with E-state index in [9.17, 15) is 16.8 Å². The smallest absolute Gasteiger partial charge is 0.264 e. The summed E-state index contributed by atoms with van der Waals surface area (Å²) >= 11 is 0. The Morgan fingerprint density at radius 1 is 1.36 bits per heavy atom. The molecule has 7 heteroatoms. The van der Waals surface area contributed by atoms with Gasteiger partial charge in [-0.15, -0.1) is 0 Å². The molecule has 0 radical (unpaired) electrons. The highest BCUT2D eigenvalue weighted by Crippen LogP contribution is 1.89. The van der Waals surface area contributed by atoms with Crippen molar-refractivity contribution in [3.63, 3.8) is 0 Å². The Labute approximate surface area is 67.4 Å². The van der Waals surface area contributed by atoms with Gasteiger partial charge in [0.25, 0.3) is 10.1 Å². The summed E-state index contributed by atoms with van der Waals surface area (Å²) in [5, 5.41) is 0. The SMILES string of the molecule is CS(=O)(=O)OCCC[SH](=O)=O. The average Bonchev–Trinajstić information content (AvgIpc) is 1.78. The Hall–Kier alpha value is -0.140. The molecule has 0 aliphatic heterocycles. The van der Waals surface area contributed by atoms with Crippen LogP contribution in [0.25, 0.3) is 0 Å². The second-order valence-corrected chi connectivity index (χ2v) is 4.69. The quantitative estimate of drug-likeness (QED) is 0.350. The molecule has 0 bridgehead atoms. The Bertz CT molecular complexity index is 254. The van der Waals surface area contributed by atoms with E-state index < -0.39 is 20.8 Å². The summed E-state index contributed by atoms with van der Waals surface area (Å²) in [5.74, 6) is -0.0369. The maximum absolute atomic E-state index is 10.3. The maximum atomic E-state index is 10.3. The third-order valence-electron chi connectivity index (χ3n) is 0.782. The zero-order valence-corrected chi connectivity index (χ0v) is 7.73. The largest absolute Gasteiger partial charge is 0.270 e. The van der Waals surface area contributed by atoms with E-state index in [1.807, 2.05) is 0 Å². The lowest BCUT2D eigenvalue weighted by Gasteiger charge is -1.96. The van der Waals surface area contributed by atoms with E-state index in [-0.39, 0.29) is 18.8 Å². The molecule has 0 aliphatic rings. The van der Waals surface area contributed by atoms with Gasteiger partial charge < -0.3 is 0 Å². The van der Waals surface area contributed by atoms with E-state index in [1.54, 1.807) is 0 Å². The van der Waals surface area contributed by atoms with Crippen LogP contribution in [0.4, 0.5) is 0 Å². The normalized spacial score (nSPS) is 12.2. The number of rotatable bonds is 5. The summed E-state index contributed by atoms with van der Waals surface area (Å²) in [4.78, 5) is 0. The Morgan fingerprint density at radius 2 is 1.91 bits per heavy atom. The molecular weight excluding hydrogens is 192 g/mol. The molecule has 0 spiro atoms. The third-order valence-corrected chi connectivity index (χ3v) is 2.06. The van der Waals surface area contributed by atoms with Crippen molar-refractivity contribution in [3.05, 3.63) is 0 Å². The molecule has 0 N–H and O–H groups in total. The summed E-state index contributed by atoms with van der Waals surface area (Å²) in [6.45, 7) is -0.0673. The molecular formula is C4H10O5S2. The molecule has 5 nitrogen and oxygen atoms in total. The maximum Gasteiger partial charge on any atom is 0.264 e. The van der Waals surface area contributed by atoms with Crippen molar-refractivity contribution in [2.24, 2.45) is 0 Å². The van der Waals surface area contributed by atoms with Gasteiger partial charge in [-0.3, -0.25) is 4.18 Å². The van der Waals surface area contributed by atoms with Crippen molar-refractivity contribution in [1.82, 2.24) is 0 Å². The fraction of sp³-hybridized carbons (Fsp3) is 1.00. The number of hydrogen-bond donors (Lipinski definition) is 1. The van der Waals surface area contributed by atoms with E-state index in [2.05, 4.69) is 4.18 Å². The first-order chi connectivity index (χ1) is 4.92. The van der Waals surface area contributed by atoms with E-state index >= 15 is 0 Å². The Kier molecular flexibility index (Phi) is 4.62. The molecule has 0 atom stereocenters. The van der Waals surface area contributed by atoms with Crippen LogP contribution in [0.2, 0.25) is 0 Å². The molecule has 0 saturated carbocycles. The van der Waals surface area contributed by atoms with Crippen LogP contribution in [0, 0.1) is 0 Å². The van der Waals surface area contributed by atoms with Crippen LogP contribution in [0.1, 0.15) is 6.42 Å². The number of thiol groups is 1. The molecule has 0 saturated heterocycles. The Balaban J connectivity index is 3.44. The van der Waals surface area contributed by atoms with Crippen molar-refractivity contribution >= 4 is 20.8 Å². The van der Waals surface area contributed by atoms with Crippen molar-refractivity contribution in [2.45, 2.75) is 6.42 Å². The first-order valence-corrected chi connectivity index (χ1v) is 6.06. The monoisotopic (exact) mass is 202 g/mol. The van der Waals surface area contributed by atoms with E-state index in [4.69, 9.17) is 0 Å². The Morgan fingerprint density at radius 3 is 2.27 bits per heavy atom. The van der Waals surface area contributed by atoms with Crippen molar-refractivity contribution in [3.8, 4) is 0 Å². The lowest BCUT2D eigenvalue weighted by molar-refractivity contribution is 0.322.